The summed E-state index contributed by atoms with van der Waals surface area (Å²) in [7, 11) is 1.78. The van der Waals surface area contributed by atoms with Gasteiger partial charge in [0.05, 0.1) is 0 Å². The number of benzene rings is 1. The molecule has 0 atom stereocenters. The van der Waals surface area contributed by atoms with E-state index in [9.17, 15) is 4.79 Å². The predicted molar refractivity (Wildman–Crippen MR) is 78.6 cm³/mol. The minimum absolute atomic E-state index is 0.289. The molecule has 5 heteroatoms. The van der Waals surface area contributed by atoms with Gasteiger partial charge in [-0.15, -0.1) is 0 Å². The fourth-order valence-corrected chi connectivity index (χ4v) is 2.49. The molecule has 1 aliphatic rings. The zero-order valence-electron chi connectivity index (χ0n) is 12.3. The van der Waals surface area contributed by atoms with Crippen LogP contribution in [0.1, 0.15) is 29.9 Å². The van der Waals surface area contributed by atoms with Gasteiger partial charge in [0.1, 0.15) is 18.0 Å². The molecular formula is C16H19N3O2. The fourth-order valence-electron chi connectivity index (χ4n) is 2.49. The first-order valence-corrected chi connectivity index (χ1v) is 7.08. The molecule has 1 aliphatic carbocycles. The van der Waals surface area contributed by atoms with Crippen molar-refractivity contribution in [1.82, 2.24) is 14.9 Å². The minimum Gasteiger partial charge on any atom is -0.445 e. The van der Waals surface area contributed by atoms with Gasteiger partial charge in [-0.3, -0.25) is 4.90 Å². The number of amides is 1. The molecule has 0 aliphatic heterocycles. The van der Waals surface area contributed by atoms with Crippen molar-refractivity contribution >= 4 is 6.09 Å². The molecule has 0 saturated heterocycles. The average molecular weight is 285 g/mol. The Morgan fingerprint density at radius 3 is 2.67 bits per heavy atom. The number of aryl methyl sites for hydroxylation is 1. The average Bonchev–Trinajstić information content (AvgIpc) is 3.21. The van der Waals surface area contributed by atoms with Crippen LogP contribution in [0, 0.1) is 6.92 Å². The summed E-state index contributed by atoms with van der Waals surface area (Å²) >= 11 is 0. The van der Waals surface area contributed by atoms with Crippen LogP contribution in [-0.4, -0.2) is 28.0 Å². The highest BCUT2D eigenvalue weighted by Crippen LogP contribution is 2.49. The maximum Gasteiger partial charge on any atom is 0.410 e. The molecule has 0 bridgehead atoms. The van der Waals surface area contributed by atoms with E-state index >= 15 is 0 Å². The second-order valence-electron chi connectivity index (χ2n) is 5.55. The number of H-pyrrole nitrogens is 1. The number of aromatic amines is 1. The van der Waals surface area contributed by atoms with Crippen LogP contribution >= 0.6 is 0 Å². The van der Waals surface area contributed by atoms with Crippen molar-refractivity contribution in [3.8, 4) is 0 Å². The molecule has 1 N–H and O–H groups in total. The van der Waals surface area contributed by atoms with E-state index in [0.29, 0.717) is 0 Å². The van der Waals surface area contributed by atoms with Crippen LogP contribution in [0.5, 0.6) is 0 Å². The highest BCUT2D eigenvalue weighted by atomic mass is 16.6. The maximum absolute atomic E-state index is 12.2. The third-order valence-electron chi connectivity index (χ3n) is 3.99. The highest BCUT2D eigenvalue weighted by molar-refractivity contribution is 5.69. The number of nitrogens with one attached hydrogen (secondary N) is 1. The Morgan fingerprint density at radius 2 is 2.10 bits per heavy atom. The van der Waals surface area contributed by atoms with Crippen molar-refractivity contribution in [3.63, 3.8) is 0 Å². The molecule has 1 amide bonds. The molecule has 5 nitrogen and oxygen atoms in total. The molecule has 1 aromatic carbocycles. The van der Waals surface area contributed by atoms with E-state index in [4.69, 9.17) is 4.74 Å². The van der Waals surface area contributed by atoms with Crippen molar-refractivity contribution < 1.29 is 9.53 Å². The molecule has 0 radical (unpaired) electrons. The summed E-state index contributed by atoms with van der Waals surface area (Å²) in [5.74, 6) is 0.846. The summed E-state index contributed by atoms with van der Waals surface area (Å²) in [5, 5.41) is 0. The van der Waals surface area contributed by atoms with Gasteiger partial charge in [-0.25, -0.2) is 9.78 Å². The van der Waals surface area contributed by atoms with Crippen LogP contribution < -0.4 is 0 Å². The highest BCUT2D eigenvalue weighted by Gasteiger charge is 2.53. The molecule has 1 heterocycles. The van der Waals surface area contributed by atoms with E-state index in [1.807, 2.05) is 37.3 Å². The first kappa shape index (κ1) is 13.7. The van der Waals surface area contributed by atoms with Crippen molar-refractivity contribution in [3.05, 3.63) is 53.6 Å². The fraction of sp³-hybridized carbons (Fsp3) is 0.375. The van der Waals surface area contributed by atoms with Crippen LogP contribution in [0.25, 0.3) is 0 Å². The van der Waals surface area contributed by atoms with Crippen LogP contribution in [-0.2, 0) is 16.9 Å². The number of imidazole rings is 1. The van der Waals surface area contributed by atoms with Gasteiger partial charge in [0.2, 0.25) is 0 Å². The van der Waals surface area contributed by atoms with E-state index in [1.54, 1.807) is 18.1 Å². The SMILES string of the molecule is Cc1cnc(C2(N(C)C(=O)OCc3ccccc3)CC2)[nH]1. The molecule has 1 saturated carbocycles. The lowest BCUT2D eigenvalue weighted by Crippen LogP contribution is -2.38. The van der Waals surface area contributed by atoms with E-state index in [0.717, 1.165) is 29.9 Å². The molecule has 2 aromatic rings. The van der Waals surface area contributed by atoms with Crippen LogP contribution in [0.3, 0.4) is 0 Å². The normalized spacial score (nSPS) is 15.5. The van der Waals surface area contributed by atoms with Gasteiger partial charge in [-0.05, 0) is 25.3 Å². The Bertz CT molecular complexity index is 632. The van der Waals surface area contributed by atoms with Gasteiger partial charge >= 0.3 is 6.09 Å². The second kappa shape index (κ2) is 5.24. The summed E-state index contributed by atoms with van der Waals surface area (Å²) in [6.07, 6.45) is 3.30. The summed E-state index contributed by atoms with van der Waals surface area (Å²) in [5.41, 5.74) is 1.67. The van der Waals surface area contributed by atoms with E-state index in [-0.39, 0.29) is 18.2 Å². The second-order valence-corrected chi connectivity index (χ2v) is 5.55. The maximum atomic E-state index is 12.2. The lowest BCUT2D eigenvalue weighted by Gasteiger charge is -2.25. The molecule has 3 rings (SSSR count). The quantitative estimate of drug-likeness (QED) is 0.939. The van der Waals surface area contributed by atoms with E-state index < -0.39 is 0 Å². The Kier molecular flexibility index (Phi) is 3.41. The molecule has 110 valence electrons. The first-order valence-electron chi connectivity index (χ1n) is 7.08. The number of hydrogen-bond donors (Lipinski definition) is 1. The summed E-state index contributed by atoms with van der Waals surface area (Å²) in [4.78, 5) is 21.5. The van der Waals surface area contributed by atoms with Crippen molar-refractivity contribution in [2.24, 2.45) is 0 Å². The van der Waals surface area contributed by atoms with Crippen molar-refractivity contribution in [1.29, 1.82) is 0 Å². The largest absolute Gasteiger partial charge is 0.445 e. The Morgan fingerprint density at radius 1 is 1.38 bits per heavy atom. The Labute approximate surface area is 124 Å². The van der Waals surface area contributed by atoms with Gasteiger partial charge in [-0.1, -0.05) is 30.3 Å². The predicted octanol–water partition coefficient (Wildman–Crippen LogP) is 2.98. The number of carbonyl (C=O) groups excluding carboxylic acids is 1. The molecule has 1 fully saturated rings. The third-order valence-corrected chi connectivity index (χ3v) is 3.99. The molecule has 1 aromatic heterocycles. The molecule has 0 spiro atoms. The molecular weight excluding hydrogens is 266 g/mol. The number of carbonyl (C=O) groups is 1. The van der Waals surface area contributed by atoms with Crippen molar-refractivity contribution in [2.45, 2.75) is 31.9 Å². The summed E-state index contributed by atoms with van der Waals surface area (Å²) < 4.78 is 5.39. The number of aromatic nitrogens is 2. The lowest BCUT2D eigenvalue weighted by atomic mass is 10.2. The monoisotopic (exact) mass is 285 g/mol. The first-order chi connectivity index (χ1) is 10.1. The van der Waals surface area contributed by atoms with E-state index in [2.05, 4.69) is 9.97 Å². The number of rotatable bonds is 4. The lowest BCUT2D eigenvalue weighted by molar-refractivity contribution is 0.0841. The Balaban J connectivity index is 1.65. The standard InChI is InChI=1S/C16H19N3O2/c1-12-10-17-14(18-12)16(8-9-16)19(2)15(20)21-11-13-6-4-3-5-7-13/h3-7,10H,8-9,11H2,1-2H3,(H,17,18). The summed E-state index contributed by atoms with van der Waals surface area (Å²) in [6, 6.07) is 9.68. The Hall–Kier alpha value is -2.30. The molecule has 0 unspecified atom stereocenters. The third kappa shape index (κ3) is 2.63. The summed E-state index contributed by atoms with van der Waals surface area (Å²) in [6.45, 7) is 2.25. The van der Waals surface area contributed by atoms with Crippen LogP contribution in [0.2, 0.25) is 0 Å². The van der Waals surface area contributed by atoms with Gasteiger partial charge < -0.3 is 9.72 Å². The van der Waals surface area contributed by atoms with Gasteiger partial charge in [-0.2, -0.15) is 0 Å². The molecule has 21 heavy (non-hydrogen) atoms. The van der Waals surface area contributed by atoms with Crippen LogP contribution in [0.15, 0.2) is 36.5 Å². The smallest absolute Gasteiger partial charge is 0.410 e. The number of nitrogens with zero attached hydrogens (tertiary/aromatic N) is 2. The topological polar surface area (TPSA) is 58.2 Å². The number of hydrogen-bond acceptors (Lipinski definition) is 3. The van der Waals surface area contributed by atoms with Crippen LogP contribution in [0.4, 0.5) is 4.79 Å². The minimum atomic E-state index is -0.317. The van der Waals surface area contributed by atoms with Crippen molar-refractivity contribution in [2.75, 3.05) is 7.05 Å². The van der Waals surface area contributed by atoms with Gasteiger partial charge in [0.15, 0.2) is 0 Å². The van der Waals surface area contributed by atoms with E-state index in [1.165, 1.54) is 0 Å². The van der Waals surface area contributed by atoms with Gasteiger partial charge in [0, 0.05) is 18.9 Å². The van der Waals surface area contributed by atoms with Gasteiger partial charge in [0.25, 0.3) is 0 Å². The zero-order chi connectivity index (χ0) is 14.9. The number of ether oxygens (including phenoxy) is 1. The zero-order valence-corrected chi connectivity index (χ0v) is 12.3.